The Bertz CT molecular complexity index is 1410. The molecule has 1 aliphatic carbocycles. The van der Waals surface area contributed by atoms with Crippen LogP contribution in [0.2, 0.25) is 0 Å². The number of hydrogen-bond donors (Lipinski definition) is 4. The summed E-state index contributed by atoms with van der Waals surface area (Å²) in [6.45, 7) is 0.217. The zero-order chi connectivity index (χ0) is 22.5. The molecule has 1 fully saturated rings. The Morgan fingerprint density at radius 1 is 1.31 bits per heavy atom. The molecule has 0 bridgehead atoms. The summed E-state index contributed by atoms with van der Waals surface area (Å²) in [6.07, 6.45) is 4.81. The maximum Gasteiger partial charge on any atom is 0.261 e. The zero-order valence-electron chi connectivity index (χ0n) is 17.3. The Balaban J connectivity index is 1.61. The zero-order valence-corrected chi connectivity index (χ0v) is 18.1. The van der Waals surface area contributed by atoms with Gasteiger partial charge in [-0.1, -0.05) is 0 Å². The summed E-state index contributed by atoms with van der Waals surface area (Å²) in [4.78, 5) is 15.7. The lowest BCUT2D eigenvalue weighted by molar-refractivity contribution is 0.173. The number of pyridine rings is 1. The first-order valence-corrected chi connectivity index (χ1v) is 11.9. The lowest BCUT2D eigenvalue weighted by Gasteiger charge is -2.38. The topological polar surface area (TPSA) is 159 Å². The molecule has 0 radical (unpaired) electrons. The average molecular weight is 454 g/mol. The molecule has 5 N–H and O–H groups in total. The van der Waals surface area contributed by atoms with E-state index in [1.54, 1.807) is 24.4 Å². The maximum absolute atomic E-state index is 12.7. The van der Waals surface area contributed by atoms with Gasteiger partial charge in [-0.25, -0.2) is 13.1 Å². The van der Waals surface area contributed by atoms with E-state index in [0.29, 0.717) is 40.8 Å². The van der Waals surface area contributed by atoms with Gasteiger partial charge < -0.3 is 16.0 Å². The fourth-order valence-corrected chi connectivity index (χ4v) is 5.98. The lowest BCUT2D eigenvalue weighted by Crippen LogP contribution is -2.41. The van der Waals surface area contributed by atoms with Crippen LogP contribution in [0.1, 0.15) is 37.7 Å². The van der Waals surface area contributed by atoms with E-state index in [1.807, 2.05) is 4.68 Å². The molecule has 1 aliphatic heterocycles. The van der Waals surface area contributed by atoms with Crippen molar-refractivity contribution in [1.29, 1.82) is 5.26 Å². The molecule has 5 rings (SSSR count). The molecule has 2 aromatic heterocycles. The lowest BCUT2D eigenvalue weighted by atomic mass is 9.77. The third-order valence-corrected chi connectivity index (χ3v) is 7.99. The molecule has 3 heterocycles. The Kier molecular flexibility index (Phi) is 4.81. The normalized spacial score (nSPS) is 24.2. The number of nitrogens with two attached hydrogens (primary N) is 1. The summed E-state index contributed by atoms with van der Waals surface area (Å²) >= 11 is 0. The molecule has 2 aliphatic rings. The Morgan fingerprint density at radius 2 is 2.09 bits per heavy atom. The van der Waals surface area contributed by atoms with Crippen LogP contribution in [0.4, 0.5) is 11.5 Å². The number of sulfonamides is 1. The van der Waals surface area contributed by atoms with E-state index < -0.39 is 15.6 Å². The Hall–Kier alpha value is -3.20. The minimum absolute atomic E-state index is 0.0981. The van der Waals surface area contributed by atoms with Crippen molar-refractivity contribution in [3.05, 3.63) is 46.4 Å². The van der Waals surface area contributed by atoms with Crippen LogP contribution in [0.3, 0.4) is 0 Å². The fraction of sp³-hybridized carbons (Fsp3) is 0.381. The van der Waals surface area contributed by atoms with Crippen LogP contribution in [0.25, 0.3) is 10.9 Å². The van der Waals surface area contributed by atoms with Crippen LogP contribution in [0.5, 0.6) is 0 Å². The number of aromatic amines is 1. The number of hydrogen-bond acceptors (Lipinski definition) is 7. The van der Waals surface area contributed by atoms with Crippen LogP contribution >= 0.6 is 0 Å². The van der Waals surface area contributed by atoms with Crippen LogP contribution in [0.15, 0.2) is 40.2 Å². The SMILES string of the molecule is N#CC[C@]1(n2nc(Nc3ccc4c(c3)CNS4(=O)=O)c3c(=O)[nH]ccc32)CC[C@H](N)CC1. The van der Waals surface area contributed by atoms with Gasteiger partial charge in [0.2, 0.25) is 10.0 Å². The van der Waals surface area contributed by atoms with Gasteiger partial charge in [0.25, 0.3) is 5.56 Å². The third-order valence-electron chi connectivity index (χ3n) is 6.49. The van der Waals surface area contributed by atoms with E-state index in [2.05, 4.69) is 21.1 Å². The number of nitrogens with zero attached hydrogens (tertiary/aromatic N) is 3. The largest absolute Gasteiger partial charge is 0.338 e. The van der Waals surface area contributed by atoms with Gasteiger partial charge in [0.15, 0.2) is 5.82 Å². The number of H-pyrrole nitrogens is 1. The molecule has 10 nitrogen and oxygen atoms in total. The van der Waals surface area contributed by atoms with Crippen LogP contribution in [-0.4, -0.2) is 29.2 Å². The highest BCUT2D eigenvalue weighted by molar-refractivity contribution is 7.89. The quantitative estimate of drug-likeness (QED) is 0.468. The van der Waals surface area contributed by atoms with Crippen molar-refractivity contribution in [3.63, 3.8) is 0 Å². The molecule has 0 amide bonds. The highest BCUT2D eigenvalue weighted by Crippen LogP contribution is 2.40. The van der Waals surface area contributed by atoms with Crippen LogP contribution in [0, 0.1) is 11.3 Å². The molecule has 0 spiro atoms. The molecular weight excluding hydrogens is 430 g/mol. The highest BCUT2D eigenvalue weighted by Gasteiger charge is 2.39. The van der Waals surface area contributed by atoms with Crippen molar-refractivity contribution in [2.45, 2.75) is 55.1 Å². The van der Waals surface area contributed by atoms with Gasteiger partial charge in [0.05, 0.1) is 28.4 Å². The first-order valence-electron chi connectivity index (χ1n) is 10.5. The number of rotatable bonds is 4. The molecule has 3 aromatic rings. The smallest absolute Gasteiger partial charge is 0.261 e. The molecule has 1 aromatic carbocycles. The summed E-state index contributed by atoms with van der Waals surface area (Å²) in [5, 5.41) is 17.9. The summed E-state index contributed by atoms with van der Waals surface area (Å²) in [7, 11) is -3.46. The van der Waals surface area contributed by atoms with Crippen molar-refractivity contribution < 1.29 is 8.42 Å². The van der Waals surface area contributed by atoms with Gasteiger partial charge in [0, 0.05) is 24.5 Å². The van der Waals surface area contributed by atoms with Crippen molar-refractivity contribution in [1.82, 2.24) is 19.5 Å². The summed E-state index contributed by atoms with van der Waals surface area (Å²) in [5.74, 6) is 0.364. The number of fused-ring (bicyclic) bond motifs is 2. The summed E-state index contributed by atoms with van der Waals surface area (Å²) < 4.78 is 28.3. The van der Waals surface area contributed by atoms with Crippen molar-refractivity contribution in [2.24, 2.45) is 5.73 Å². The number of benzene rings is 1. The highest BCUT2D eigenvalue weighted by atomic mass is 32.2. The monoisotopic (exact) mass is 453 g/mol. The molecule has 0 atom stereocenters. The van der Waals surface area contributed by atoms with Gasteiger partial charge in [-0.15, -0.1) is 0 Å². The van der Waals surface area contributed by atoms with Crippen LogP contribution < -0.4 is 21.3 Å². The Labute approximate surface area is 184 Å². The second-order valence-electron chi connectivity index (χ2n) is 8.50. The standard InChI is InChI=1S/C21H23N7O3S/c22-9-8-21(6-3-14(23)4-7-21)28-16-5-10-24-20(29)18(16)19(27-28)26-15-1-2-17-13(11-15)12-25-32(17,30)31/h1-2,5,10-11,14,25H,3-4,6-8,12,23H2,(H,24,29)(H,26,27)/t14-,21-. The average Bonchev–Trinajstić information content (AvgIpc) is 3.29. The first kappa shape index (κ1) is 20.7. The van der Waals surface area contributed by atoms with Crippen LogP contribution in [-0.2, 0) is 22.1 Å². The number of anilines is 2. The first-order chi connectivity index (χ1) is 15.3. The fourth-order valence-electron chi connectivity index (χ4n) is 4.76. The van der Waals surface area contributed by atoms with Crippen molar-refractivity contribution >= 4 is 32.4 Å². The predicted octanol–water partition coefficient (Wildman–Crippen LogP) is 1.77. The van der Waals surface area contributed by atoms with Crippen molar-refractivity contribution in [2.75, 3.05) is 5.32 Å². The van der Waals surface area contributed by atoms with Gasteiger partial charge in [-0.2, -0.15) is 10.4 Å². The minimum atomic E-state index is -3.46. The van der Waals surface area contributed by atoms with E-state index in [1.165, 1.54) is 6.07 Å². The van der Waals surface area contributed by atoms with E-state index in [9.17, 15) is 18.5 Å². The van der Waals surface area contributed by atoms with Crippen molar-refractivity contribution in [3.8, 4) is 6.07 Å². The van der Waals surface area contributed by atoms with Gasteiger partial charge in [-0.3, -0.25) is 9.48 Å². The Morgan fingerprint density at radius 3 is 2.84 bits per heavy atom. The number of aromatic nitrogens is 3. The predicted molar refractivity (Wildman–Crippen MR) is 119 cm³/mol. The van der Waals surface area contributed by atoms with Gasteiger partial charge in [-0.05, 0) is 55.5 Å². The second-order valence-corrected chi connectivity index (χ2v) is 10.2. The van der Waals surface area contributed by atoms with E-state index in [-0.39, 0.29) is 29.5 Å². The molecule has 11 heteroatoms. The van der Waals surface area contributed by atoms with E-state index >= 15 is 0 Å². The molecule has 0 saturated heterocycles. The van der Waals surface area contributed by atoms with E-state index in [4.69, 9.17) is 10.8 Å². The molecule has 166 valence electrons. The minimum Gasteiger partial charge on any atom is -0.338 e. The molecular formula is C21H23N7O3S. The summed E-state index contributed by atoms with van der Waals surface area (Å²) in [6, 6.07) is 9.11. The van der Waals surface area contributed by atoms with E-state index in [0.717, 1.165) is 12.8 Å². The second kappa shape index (κ2) is 7.44. The number of nitrogens with one attached hydrogen (secondary N) is 3. The molecule has 1 saturated carbocycles. The van der Waals surface area contributed by atoms with Gasteiger partial charge in [0.1, 0.15) is 5.39 Å². The van der Waals surface area contributed by atoms with Gasteiger partial charge >= 0.3 is 0 Å². The molecule has 0 unspecified atom stereocenters. The number of nitriles is 1. The maximum atomic E-state index is 12.7. The third kappa shape index (κ3) is 3.28. The summed E-state index contributed by atoms with van der Waals surface area (Å²) in [5.41, 5.74) is 7.20. The molecule has 32 heavy (non-hydrogen) atoms.